The Morgan fingerprint density at radius 3 is 2.57 bits per heavy atom. The quantitative estimate of drug-likeness (QED) is 0.700. The van der Waals surface area contributed by atoms with Gasteiger partial charge in [-0.15, -0.1) is 11.3 Å². The Balaban J connectivity index is 2.08. The van der Waals surface area contributed by atoms with Crippen LogP contribution in [0, 0.1) is 0 Å². The highest BCUT2D eigenvalue weighted by atomic mass is 35.5. The number of halogens is 1. The van der Waals surface area contributed by atoms with Gasteiger partial charge >= 0.3 is 0 Å². The first kappa shape index (κ1) is 14.4. The molecule has 0 aliphatic heterocycles. The molecule has 3 rings (SSSR count). The third-order valence-corrected chi connectivity index (χ3v) is 5.02. The van der Waals surface area contributed by atoms with E-state index in [0.29, 0.717) is 5.76 Å². The van der Waals surface area contributed by atoms with E-state index in [-0.39, 0.29) is 6.61 Å². The van der Waals surface area contributed by atoms with E-state index < -0.39 is 0 Å². The molecule has 1 aromatic carbocycles. The fraction of sp³-hybridized carbons (Fsp3) is 0.176. The molecule has 0 atom stereocenters. The number of hydrogen-bond acceptors (Lipinski definition) is 3. The summed E-state index contributed by atoms with van der Waals surface area (Å²) in [4.78, 5) is 2.49. The fourth-order valence-corrected chi connectivity index (χ4v) is 3.62. The topological polar surface area (TPSA) is 33.4 Å². The van der Waals surface area contributed by atoms with Gasteiger partial charge in [0.25, 0.3) is 0 Å². The van der Waals surface area contributed by atoms with Gasteiger partial charge < -0.3 is 9.52 Å². The molecule has 4 heteroatoms. The van der Waals surface area contributed by atoms with E-state index in [1.165, 1.54) is 9.75 Å². The normalized spacial score (nSPS) is 11.0. The Hall–Kier alpha value is -1.55. The Morgan fingerprint density at radius 2 is 1.90 bits per heavy atom. The predicted octanol–water partition coefficient (Wildman–Crippen LogP) is 5.38. The van der Waals surface area contributed by atoms with Crippen molar-refractivity contribution in [3.05, 3.63) is 58.3 Å². The lowest BCUT2D eigenvalue weighted by molar-refractivity contribution is 0.248. The molecule has 1 N–H and O–H groups in total. The van der Waals surface area contributed by atoms with E-state index in [0.717, 1.165) is 28.1 Å². The monoisotopic (exact) mass is 318 g/mol. The van der Waals surface area contributed by atoms with Gasteiger partial charge in [-0.1, -0.05) is 30.7 Å². The van der Waals surface area contributed by atoms with Crippen LogP contribution in [0.4, 0.5) is 0 Å². The Kier molecular flexibility index (Phi) is 4.15. The molecule has 0 aliphatic carbocycles. The van der Waals surface area contributed by atoms with Gasteiger partial charge in [0.2, 0.25) is 0 Å². The van der Waals surface area contributed by atoms with E-state index in [1.54, 1.807) is 17.6 Å². The number of benzene rings is 1. The van der Waals surface area contributed by atoms with Crippen LogP contribution in [0.15, 0.2) is 47.1 Å². The maximum Gasteiger partial charge on any atom is 0.136 e. The van der Waals surface area contributed by atoms with Crippen molar-refractivity contribution in [3.63, 3.8) is 0 Å². The van der Waals surface area contributed by atoms with E-state index in [1.807, 2.05) is 30.3 Å². The molecule has 0 saturated carbocycles. The molecule has 0 bridgehead atoms. The number of thiophene rings is 1. The molecule has 0 aliphatic rings. The van der Waals surface area contributed by atoms with Gasteiger partial charge in [-0.05, 0) is 41.8 Å². The number of hydrogen-bond donors (Lipinski definition) is 1. The summed E-state index contributed by atoms with van der Waals surface area (Å²) in [6.07, 6.45) is 2.57. The molecule has 2 heterocycles. The largest absolute Gasteiger partial charge is 0.466 e. The van der Waals surface area contributed by atoms with Crippen LogP contribution in [0.25, 0.3) is 21.6 Å². The first-order valence-electron chi connectivity index (χ1n) is 6.79. The summed E-state index contributed by atoms with van der Waals surface area (Å²) in [6.45, 7) is 2.05. The van der Waals surface area contributed by atoms with Crippen molar-refractivity contribution in [2.24, 2.45) is 0 Å². The first-order valence-corrected chi connectivity index (χ1v) is 7.98. The maximum absolute atomic E-state index is 9.38. The smallest absolute Gasteiger partial charge is 0.136 e. The van der Waals surface area contributed by atoms with Gasteiger partial charge in [0.15, 0.2) is 0 Å². The van der Waals surface area contributed by atoms with Gasteiger partial charge in [0, 0.05) is 20.3 Å². The second kappa shape index (κ2) is 6.06. The van der Waals surface area contributed by atoms with Crippen LogP contribution in [0.1, 0.15) is 17.6 Å². The number of aliphatic hydroxyl groups excluding tert-OH is 1. The molecule has 0 fully saturated rings. The summed E-state index contributed by atoms with van der Waals surface area (Å²) >= 11 is 7.72. The summed E-state index contributed by atoms with van der Waals surface area (Å²) in [6, 6.07) is 11.9. The molecule has 2 aromatic heterocycles. The number of furan rings is 1. The van der Waals surface area contributed by atoms with Crippen molar-refractivity contribution in [1.82, 2.24) is 0 Å². The van der Waals surface area contributed by atoms with Crippen molar-refractivity contribution in [3.8, 4) is 21.6 Å². The lowest BCUT2D eigenvalue weighted by Crippen LogP contribution is -1.85. The summed E-state index contributed by atoms with van der Waals surface area (Å²) < 4.78 is 5.34. The third kappa shape index (κ3) is 2.77. The minimum Gasteiger partial charge on any atom is -0.466 e. The van der Waals surface area contributed by atoms with Crippen molar-refractivity contribution in [2.45, 2.75) is 20.0 Å². The third-order valence-electron chi connectivity index (χ3n) is 3.44. The fourth-order valence-electron chi connectivity index (χ4n) is 2.38. The minimum absolute atomic E-state index is 0.0857. The molecular formula is C17H15ClO2S. The zero-order chi connectivity index (χ0) is 14.8. The highest BCUT2D eigenvalue weighted by molar-refractivity contribution is 7.16. The lowest BCUT2D eigenvalue weighted by atomic mass is 10.0. The Bertz CT molecular complexity index is 740. The van der Waals surface area contributed by atoms with E-state index in [4.69, 9.17) is 16.0 Å². The summed E-state index contributed by atoms with van der Waals surface area (Å²) in [5.74, 6) is 0.616. The molecule has 21 heavy (non-hydrogen) atoms. The first-order chi connectivity index (χ1) is 10.2. The highest BCUT2D eigenvalue weighted by Crippen LogP contribution is 2.39. The van der Waals surface area contributed by atoms with Crippen LogP contribution in [0.2, 0.25) is 5.02 Å². The van der Waals surface area contributed by atoms with Crippen LogP contribution in [-0.4, -0.2) is 5.11 Å². The van der Waals surface area contributed by atoms with Crippen molar-refractivity contribution >= 4 is 22.9 Å². The zero-order valence-corrected chi connectivity index (χ0v) is 13.2. The lowest BCUT2D eigenvalue weighted by Gasteiger charge is -2.00. The van der Waals surface area contributed by atoms with E-state index >= 15 is 0 Å². The van der Waals surface area contributed by atoms with Crippen LogP contribution in [0.5, 0.6) is 0 Å². The molecule has 0 radical (unpaired) electrons. The average molecular weight is 319 g/mol. The molecule has 0 spiro atoms. The highest BCUT2D eigenvalue weighted by Gasteiger charge is 2.15. The van der Waals surface area contributed by atoms with Gasteiger partial charge in [0.05, 0.1) is 6.26 Å². The second-order valence-corrected chi connectivity index (χ2v) is 6.30. The molecule has 0 saturated heterocycles. The molecule has 2 nitrogen and oxygen atoms in total. The number of aryl methyl sites for hydroxylation is 1. The second-order valence-electron chi connectivity index (χ2n) is 4.72. The van der Waals surface area contributed by atoms with E-state index in [2.05, 4.69) is 13.0 Å². The van der Waals surface area contributed by atoms with Crippen LogP contribution in [0.3, 0.4) is 0 Å². The van der Waals surface area contributed by atoms with Gasteiger partial charge in [-0.2, -0.15) is 0 Å². The maximum atomic E-state index is 9.38. The Morgan fingerprint density at radius 1 is 1.14 bits per heavy atom. The van der Waals surface area contributed by atoms with Crippen molar-refractivity contribution in [2.75, 3.05) is 0 Å². The standard InChI is InChI=1S/C17H15ClO2S/c1-2-16-14(13-7-8-20-15(13)10-19)9-17(21-16)11-3-5-12(18)6-4-11/h3-9,19H,2,10H2,1H3. The zero-order valence-electron chi connectivity index (χ0n) is 11.6. The van der Waals surface area contributed by atoms with Crippen LogP contribution < -0.4 is 0 Å². The molecular weight excluding hydrogens is 304 g/mol. The van der Waals surface area contributed by atoms with Gasteiger partial charge in [0.1, 0.15) is 12.4 Å². The molecule has 0 unspecified atom stereocenters. The summed E-state index contributed by atoms with van der Waals surface area (Å²) in [5, 5.41) is 10.1. The summed E-state index contributed by atoms with van der Waals surface area (Å²) in [5.41, 5.74) is 3.27. The van der Waals surface area contributed by atoms with E-state index in [9.17, 15) is 5.11 Å². The van der Waals surface area contributed by atoms with Gasteiger partial charge in [-0.3, -0.25) is 0 Å². The predicted molar refractivity (Wildman–Crippen MR) is 87.8 cm³/mol. The van der Waals surface area contributed by atoms with Gasteiger partial charge in [-0.25, -0.2) is 0 Å². The van der Waals surface area contributed by atoms with Crippen molar-refractivity contribution in [1.29, 1.82) is 0 Å². The molecule has 0 amide bonds. The Labute approximate surface area is 132 Å². The number of rotatable bonds is 4. The molecule has 3 aromatic rings. The molecule has 108 valence electrons. The SMILES string of the molecule is CCc1sc(-c2ccc(Cl)cc2)cc1-c1ccoc1CO. The average Bonchev–Trinajstić information content (AvgIpc) is 3.13. The van der Waals surface area contributed by atoms with Crippen LogP contribution in [-0.2, 0) is 13.0 Å². The minimum atomic E-state index is -0.0857. The number of aliphatic hydroxyl groups is 1. The summed E-state index contributed by atoms with van der Waals surface area (Å²) in [7, 11) is 0. The van der Waals surface area contributed by atoms with Crippen molar-refractivity contribution < 1.29 is 9.52 Å². The van der Waals surface area contributed by atoms with Crippen LogP contribution >= 0.6 is 22.9 Å².